The summed E-state index contributed by atoms with van der Waals surface area (Å²) >= 11 is 0. The molecule has 1 N–H and O–H groups in total. The molecule has 4 rings (SSSR count). The van der Waals surface area contributed by atoms with E-state index in [-0.39, 0.29) is 17.7 Å². The lowest BCUT2D eigenvalue weighted by Crippen LogP contribution is -2.54. The summed E-state index contributed by atoms with van der Waals surface area (Å²) in [5.74, 6) is -2.17. The molecule has 0 radical (unpaired) electrons. The van der Waals surface area contributed by atoms with Crippen LogP contribution in [-0.4, -0.2) is 23.8 Å². The van der Waals surface area contributed by atoms with Crippen LogP contribution in [0.4, 0.5) is 10.5 Å². The van der Waals surface area contributed by atoms with Crippen LogP contribution in [0, 0.1) is 6.92 Å². The van der Waals surface area contributed by atoms with Gasteiger partial charge in [-0.2, -0.15) is 0 Å². The van der Waals surface area contributed by atoms with E-state index >= 15 is 0 Å². The minimum absolute atomic E-state index is 0.0880. The Labute approximate surface area is 195 Å². The number of barbiturate groups is 1. The number of benzene rings is 3. The summed E-state index contributed by atoms with van der Waals surface area (Å²) in [5.41, 5.74) is 2.61. The summed E-state index contributed by atoms with van der Waals surface area (Å²) in [6.07, 6.45) is 1.41. The van der Waals surface area contributed by atoms with Crippen LogP contribution in [0.25, 0.3) is 6.08 Å². The highest BCUT2D eigenvalue weighted by Gasteiger charge is 2.36. The zero-order valence-electron chi connectivity index (χ0n) is 18.1. The van der Waals surface area contributed by atoms with Crippen molar-refractivity contribution in [3.05, 3.63) is 101 Å². The minimum Gasteiger partial charge on any atom is -0.545 e. The monoisotopic (exact) mass is 455 g/mol. The Morgan fingerprint density at radius 3 is 2.21 bits per heavy atom. The van der Waals surface area contributed by atoms with Gasteiger partial charge in [0.25, 0.3) is 11.8 Å². The quantitative estimate of drug-likeness (QED) is 0.451. The van der Waals surface area contributed by atoms with Crippen LogP contribution in [-0.2, 0) is 16.2 Å². The molecule has 0 aromatic heterocycles. The van der Waals surface area contributed by atoms with Gasteiger partial charge in [0.15, 0.2) is 0 Å². The number of anilines is 1. The van der Waals surface area contributed by atoms with Gasteiger partial charge in [-0.15, -0.1) is 0 Å². The number of aromatic carboxylic acids is 1. The number of amides is 4. The number of urea groups is 1. The zero-order chi connectivity index (χ0) is 24.2. The van der Waals surface area contributed by atoms with Gasteiger partial charge in [-0.3, -0.25) is 14.9 Å². The topological polar surface area (TPSA) is 116 Å². The van der Waals surface area contributed by atoms with E-state index in [1.165, 1.54) is 18.2 Å². The largest absolute Gasteiger partial charge is 0.545 e. The number of aryl methyl sites for hydroxylation is 1. The lowest BCUT2D eigenvalue weighted by Gasteiger charge is -2.26. The lowest BCUT2D eigenvalue weighted by atomic mass is 10.1. The summed E-state index contributed by atoms with van der Waals surface area (Å²) in [6.45, 7) is 2.11. The molecule has 1 heterocycles. The number of carbonyl (C=O) groups is 4. The molecule has 1 saturated heterocycles. The molecule has 4 amide bonds. The van der Waals surface area contributed by atoms with E-state index in [0.29, 0.717) is 17.0 Å². The molecule has 8 nitrogen and oxygen atoms in total. The first-order valence-corrected chi connectivity index (χ1v) is 10.3. The summed E-state index contributed by atoms with van der Waals surface area (Å²) in [6, 6.07) is 18.9. The summed E-state index contributed by atoms with van der Waals surface area (Å²) in [5, 5.41) is 13.0. The van der Waals surface area contributed by atoms with Gasteiger partial charge >= 0.3 is 6.03 Å². The maximum Gasteiger partial charge on any atom is 0.335 e. The average molecular weight is 455 g/mol. The molecule has 0 spiro atoms. The molecule has 3 aromatic carbocycles. The first kappa shape index (κ1) is 22.5. The second kappa shape index (κ2) is 9.41. The number of carboxylic acid groups (broad SMARTS) is 1. The summed E-state index contributed by atoms with van der Waals surface area (Å²) in [7, 11) is 0. The van der Waals surface area contributed by atoms with Crippen molar-refractivity contribution in [1.82, 2.24) is 5.32 Å². The number of rotatable bonds is 6. The van der Waals surface area contributed by atoms with Crippen LogP contribution in [0.1, 0.15) is 27.0 Å². The van der Waals surface area contributed by atoms with Crippen LogP contribution >= 0.6 is 0 Å². The van der Waals surface area contributed by atoms with E-state index in [4.69, 9.17) is 4.74 Å². The Morgan fingerprint density at radius 2 is 1.59 bits per heavy atom. The molecule has 1 aliphatic heterocycles. The van der Waals surface area contributed by atoms with Gasteiger partial charge in [0, 0.05) is 0 Å². The van der Waals surface area contributed by atoms with Crippen molar-refractivity contribution in [3.8, 4) is 5.75 Å². The molecular weight excluding hydrogens is 436 g/mol. The van der Waals surface area contributed by atoms with Crippen molar-refractivity contribution in [2.75, 3.05) is 4.90 Å². The Kier molecular flexibility index (Phi) is 6.22. The molecule has 0 unspecified atom stereocenters. The molecule has 0 atom stereocenters. The number of hydrogen-bond donors (Lipinski definition) is 1. The molecule has 8 heteroatoms. The third-order valence-corrected chi connectivity index (χ3v) is 5.18. The molecule has 170 valence electrons. The van der Waals surface area contributed by atoms with Crippen LogP contribution < -0.4 is 20.1 Å². The molecule has 34 heavy (non-hydrogen) atoms. The summed E-state index contributed by atoms with van der Waals surface area (Å²) in [4.78, 5) is 49.3. The van der Waals surface area contributed by atoms with Crippen molar-refractivity contribution >= 4 is 35.6 Å². The number of carboxylic acids is 1. The van der Waals surface area contributed by atoms with E-state index in [2.05, 4.69) is 5.32 Å². The maximum absolute atomic E-state index is 12.9. The molecular formula is C26H19N2O6-. The Hall–Kier alpha value is -4.72. The number of nitrogens with one attached hydrogen (secondary N) is 1. The van der Waals surface area contributed by atoms with Gasteiger partial charge in [0.2, 0.25) is 0 Å². The van der Waals surface area contributed by atoms with Gasteiger partial charge in [-0.05, 0) is 54.0 Å². The van der Waals surface area contributed by atoms with Crippen LogP contribution in [0.3, 0.4) is 0 Å². The normalized spacial score (nSPS) is 14.8. The van der Waals surface area contributed by atoms with Crippen molar-refractivity contribution < 1.29 is 29.0 Å². The molecule has 3 aromatic rings. The number of imide groups is 2. The smallest absolute Gasteiger partial charge is 0.335 e. The number of hydrogen-bond acceptors (Lipinski definition) is 6. The van der Waals surface area contributed by atoms with Crippen LogP contribution in [0.5, 0.6) is 5.75 Å². The number of ether oxygens (including phenoxy) is 1. The van der Waals surface area contributed by atoms with Crippen molar-refractivity contribution in [1.29, 1.82) is 0 Å². The van der Waals surface area contributed by atoms with Crippen molar-refractivity contribution in [3.63, 3.8) is 0 Å². The Bertz CT molecular complexity index is 1290. The number of nitrogens with zero attached hydrogens (tertiary/aromatic N) is 1. The predicted molar refractivity (Wildman–Crippen MR) is 122 cm³/mol. The van der Waals surface area contributed by atoms with Gasteiger partial charge in [0.1, 0.15) is 17.9 Å². The Morgan fingerprint density at radius 1 is 0.941 bits per heavy atom. The fourth-order valence-electron chi connectivity index (χ4n) is 3.32. The maximum atomic E-state index is 12.9. The first-order chi connectivity index (χ1) is 16.3. The first-order valence-electron chi connectivity index (χ1n) is 10.3. The molecule has 1 aliphatic rings. The lowest BCUT2D eigenvalue weighted by molar-refractivity contribution is -0.255. The molecule has 0 bridgehead atoms. The van der Waals surface area contributed by atoms with E-state index in [0.717, 1.165) is 16.0 Å². The van der Waals surface area contributed by atoms with Gasteiger partial charge in [0.05, 0.1) is 11.7 Å². The van der Waals surface area contributed by atoms with Gasteiger partial charge in [-0.25, -0.2) is 9.69 Å². The van der Waals surface area contributed by atoms with Gasteiger partial charge in [-0.1, -0.05) is 54.1 Å². The second-order valence-corrected chi connectivity index (χ2v) is 7.64. The van der Waals surface area contributed by atoms with Crippen LogP contribution in [0.2, 0.25) is 0 Å². The standard InChI is InChI=1S/C26H20N2O6/c1-16-2-10-20(11-3-16)28-24(30)22(23(29)27-26(28)33)14-17-6-12-21(13-7-17)34-15-18-4-8-19(9-5-18)25(31)32/h2-14H,15H2,1H3,(H,31,32)(H,27,29,33)/p-1/b22-14+. The third-order valence-electron chi connectivity index (χ3n) is 5.18. The van der Waals surface area contributed by atoms with Gasteiger partial charge < -0.3 is 14.6 Å². The highest BCUT2D eigenvalue weighted by molar-refractivity contribution is 6.39. The third kappa shape index (κ3) is 4.86. The van der Waals surface area contributed by atoms with E-state index in [9.17, 15) is 24.3 Å². The molecule has 0 aliphatic carbocycles. The predicted octanol–water partition coefficient (Wildman–Crippen LogP) is 2.60. The fourth-order valence-corrected chi connectivity index (χ4v) is 3.32. The van der Waals surface area contributed by atoms with E-state index < -0.39 is 23.8 Å². The summed E-state index contributed by atoms with van der Waals surface area (Å²) < 4.78 is 5.70. The van der Waals surface area contributed by atoms with Crippen LogP contribution in [0.15, 0.2) is 78.4 Å². The number of carbonyl (C=O) groups excluding carboxylic acids is 4. The van der Waals surface area contributed by atoms with Crippen molar-refractivity contribution in [2.45, 2.75) is 13.5 Å². The Balaban J connectivity index is 1.47. The molecule has 1 fully saturated rings. The highest BCUT2D eigenvalue weighted by Crippen LogP contribution is 2.23. The zero-order valence-corrected chi connectivity index (χ0v) is 18.1. The van der Waals surface area contributed by atoms with Crippen molar-refractivity contribution in [2.24, 2.45) is 0 Å². The molecule has 0 saturated carbocycles. The van der Waals surface area contributed by atoms with E-state index in [1.807, 2.05) is 6.92 Å². The van der Waals surface area contributed by atoms with E-state index in [1.54, 1.807) is 60.7 Å². The second-order valence-electron chi connectivity index (χ2n) is 7.64. The fraction of sp³-hybridized carbons (Fsp3) is 0.0769. The average Bonchev–Trinajstić information content (AvgIpc) is 2.82. The minimum atomic E-state index is -1.24. The highest BCUT2D eigenvalue weighted by atomic mass is 16.5. The SMILES string of the molecule is Cc1ccc(N2C(=O)NC(=O)/C(=C\c3ccc(OCc4ccc(C(=O)[O-])cc4)cc3)C2=O)cc1.